The Morgan fingerprint density at radius 2 is 2.14 bits per heavy atom. The van der Waals surface area contributed by atoms with Gasteiger partial charge in [0.1, 0.15) is 11.7 Å². The van der Waals surface area contributed by atoms with Crippen molar-refractivity contribution in [3.63, 3.8) is 0 Å². The van der Waals surface area contributed by atoms with Crippen molar-refractivity contribution in [3.8, 4) is 0 Å². The van der Waals surface area contributed by atoms with Crippen LogP contribution in [-0.4, -0.2) is 12.4 Å². The molecule has 0 spiro atoms. The molecule has 1 aromatic carbocycles. The number of benzene rings is 1. The number of hydrazine groups is 1. The van der Waals surface area contributed by atoms with Crippen LogP contribution in [0.25, 0.3) is 0 Å². The third-order valence-electron chi connectivity index (χ3n) is 1.65. The third kappa shape index (κ3) is 3.05. The minimum atomic E-state index is -0.288. The summed E-state index contributed by atoms with van der Waals surface area (Å²) < 4.78 is 13.1. The van der Waals surface area contributed by atoms with E-state index in [1.54, 1.807) is 18.2 Å². The maximum absolute atomic E-state index is 13.1. The Hall–Kier alpha value is -1.58. The molecule has 0 bridgehead atoms. The number of amidine groups is 1. The lowest BCUT2D eigenvalue weighted by Crippen LogP contribution is -2.27. The predicted octanol–water partition coefficient (Wildman–Crippen LogP) is 2.18. The summed E-state index contributed by atoms with van der Waals surface area (Å²) in [5.74, 6) is 0.444. The first-order valence-electron chi connectivity index (χ1n) is 4.51. The Morgan fingerprint density at radius 1 is 1.43 bits per heavy atom. The van der Waals surface area contributed by atoms with Crippen LogP contribution < -0.4 is 10.9 Å². The Labute approximate surface area is 83.0 Å². The van der Waals surface area contributed by atoms with Gasteiger partial charge in [-0.2, -0.15) is 0 Å². The largest absolute Gasteiger partial charge is 0.297 e. The molecule has 0 aliphatic carbocycles. The quantitative estimate of drug-likeness (QED) is 0.440. The zero-order valence-electron chi connectivity index (χ0n) is 8.34. The van der Waals surface area contributed by atoms with Gasteiger partial charge >= 0.3 is 0 Å². The van der Waals surface area contributed by atoms with Crippen LogP contribution in [0.15, 0.2) is 29.3 Å². The summed E-state index contributed by atoms with van der Waals surface area (Å²) in [4.78, 5) is 4.09. The zero-order valence-corrected chi connectivity index (χ0v) is 8.34. The maximum atomic E-state index is 13.1. The second kappa shape index (κ2) is 5.21. The molecule has 2 N–H and O–H groups in total. The summed E-state index contributed by atoms with van der Waals surface area (Å²) in [6.07, 6.45) is 0. The summed E-state index contributed by atoms with van der Waals surface area (Å²) in [6, 6.07) is 6.46. The van der Waals surface area contributed by atoms with E-state index in [0.29, 0.717) is 12.2 Å². The van der Waals surface area contributed by atoms with Crippen molar-refractivity contribution in [1.29, 1.82) is 0 Å². The van der Waals surface area contributed by atoms with E-state index in [4.69, 9.17) is 0 Å². The second-order valence-corrected chi connectivity index (χ2v) is 2.79. The number of aliphatic imine (C=N–C) groups is 1. The molecule has 76 valence electrons. The Morgan fingerprint density at radius 3 is 2.79 bits per heavy atom. The van der Waals surface area contributed by atoms with Crippen molar-refractivity contribution >= 4 is 11.5 Å². The van der Waals surface area contributed by atoms with Crippen molar-refractivity contribution in [2.45, 2.75) is 13.8 Å². The van der Waals surface area contributed by atoms with Crippen LogP contribution in [0.3, 0.4) is 0 Å². The highest BCUT2D eigenvalue weighted by atomic mass is 19.1. The molecule has 0 aliphatic rings. The molecule has 0 saturated carbocycles. The van der Waals surface area contributed by atoms with E-state index >= 15 is 0 Å². The molecule has 1 rings (SSSR count). The molecule has 0 unspecified atom stereocenters. The minimum Gasteiger partial charge on any atom is -0.297 e. The topological polar surface area (TPSA) is 36.4 Å². The van der Waals surface area contributed by atoms with E-state index in [1.165, 1.54) is 6.07 Å². The van der Waals surface area contributed by atoms with E-state index in [-0.39, 0.29) is 5.82 Å². The Kier molecular flexibility index (Phi) is 3.91. The van der Waals surface area contributed by atoms with Crippen LogP contribution in [0.2, 0.25) is 0 Å². The maximum Gasteiger partial charge on any atom is 0.148 e. The van der Waals surface area contributed by atoms with Crippen molar-refractivity contribution in [1.82, 2.24) is 5.43 Å². The lowest BCUT2D eigenvalue weighted by molar-refractivity contribution is 0.629. The highest BCUT2D eigenvalue weighted by Crippen LogP contribution is 2.10. The second-order valence-electron chi connectivity index (χ2n) is 2.79. The molecule has 0 amide bonds. The average Bonchev–Trinajstić information content (AvgIpc) is 2.17. The average molecular weight is 195 g/mol. The fraction of sp³-hybridized carbons (Fsp3) is 0.300. The molecule has 0 aromatic heterocycles. The molecule has 4 heteroatoms. The van der Waals surface area contributed by atoms with Crippen LogP contribution in [0, 0.1) is 5.82 Å². The smallest absolute Gasteiger partial charge is 0.148 e. The summed E-state index contributed by atoms with van der Waals surface area (Å²) in [7, 11) is 0. The van der Waals surface area contributed by atoms with Gasteiger partial charge in [0, 0.05) is 6.54 Å². The first-order valence-corrected chi connectivity index (χ1v) is 4.51. The van der Waals surface area contributed by atoms with Crippen molar-refractivity contribution in [2.75, 3.05) is 12.0 Å². The van der Waals surface area contributed by atoms with Crippen LogP contribution >= 0.6 is 0 Å². The van der Waals surface area contributed by atoms with Gasteiger partial charge in [-0.15, -0.1) is 0 Å². The number of hydrogen-bond acceptors (Lipinski definition) is 2. The fourth-order valence-electron chi connectivity index (χ4n) is 0.997. The lowest BCUT2D eigenvalue weighted by Gasteiger charge is -2.09. The van der Waals surface area contributed by atoms with E-state index in [2.05, 4.69) is 15.8 Å². The Balaban J connectivity index is 2.54. The fourth-order valence-corrected chi connectivity index (χ4v) is 0.997. The zero-order chi connectivity index (χ0) is 10.4. The molecule has 3 nitrogen and oxygen atoms in total. The van der Waals surface area contributed by atoms with Crippen molar-refractivity contribution < 1.29 is 4.39 Å². The molecular formula is C10H14FN3. The summed E-state index contributed by atoms with van der Waals surface area (Å²) in [5.41, 5.74) is 5.96. The SMILES string of the molecule is CCN=C(C)NNc1ccccc1F. The monoisotopic (exact) mass is 195 g/mol. The number of halogens is 1. The van der Waals surface area contributed by atoms with Crippen LogP contribution in [-0.2, 0) is 0 Å². The van der Waals surface area contributed by atoms with Gasteiger partial charge in [-0.3, -0.25) is 15.8 Å². The molecule has 0 radical (unpaired) electrons. The van der Waals surface area contributed by atoms with Gasteiger partial charge in [-0.1, -0.05) is 12.1 Å². The Bertz CT molecular complexity index is 323. The molecule has 14 heavy (non-hydrogen) atoms. The number of para-hydroxylation sites is 1. The van der Waals surface area contributed by atoms with E-state index < -0.39 is 0 Å². The number of hydrogen-bond donors (Lipinski definition) is 2. The van der Waals surface area contributed by atoms with Gasteiger partial charge in [0.2, 0.25) is 0 Å². The van der Waals surface area contributed by atoms with Gasteiger partial charge in [0.15, 0.2) is 0 Å². The minimum absolute atomic E-state index is 0.288. The highest BCUT2D eigenvalue weighted by molar-refractivity contribution is 5.80. The van der Waals surface area contributed by atoms with Gasteiger partial charge in [0.05, 0.1) is 5.69 Å². The predicted molar refractivity (Wildman–Crippen MR) is 56.8 cm³/mol. The first kappa shape index (κ1) is 10.5. The van der Waals surface area contributed by atoms with E-state index in [1.807, 2.05) is 13.8 Å². The number of nitrogens with zero attached hydrogens (tertiary/aromatic N) is 1. The van der Waals surface area contributed by atoms with Crippen LogP contribution in [0.4, 0.5) is 10.1 Å². The summed E-state index contributed by atoms with van der Waals surface area (Å²) in [6.45, 7) is 4.46. The number of rotatable bonds is 3. The van der Waals surface area contributed by atoms with Crippen molar-refractivity contribution in [2.24, 2.45) is 4.99 Å². The van der Waals surface area contributed by atoms with Gasteiger partial charge < -0.3 is 0 Å². The summed E-state index contributed by atoms with van der Waals surface area (Å²) in [5, 5.41) is 0. The van der Waals surface area contributed by atoms with Gasteiger partial charge in [0.25, 0.3) is 0 Å². The molecule has 1 aromatic rings. The standard InChI is InChI=1S/C10H14FN3/c1-3-12-8(2)13-14-10-7-5-4-6-9(10)11/h4-7,14H,3H2,1-2H3,(H,12,13). The third-order valence-corrected chi connectivity index (χ3v) is 1.65. The van der Waals surface area contributed by atoms with E-state index in [9.17, 15) is 4.39 Å². The number of anilines is 1. The molecule has 0 aliphatic heterocycles. The molecular weight excluding hydrogens is 181 g/mol. The van der Waals surface area contributed by atoms with Gasteiger partial charge in [-0.05, 0) is 26.0 Å². The lowest BCUT2D eigenvalue weighted by atomic mass is 10.3. The van der Waals surface area contributed by atoms with Gasteiger partial charge in [-0.25, -0.2) is 4.39 Å². The molecule has 0 fully saturated rings. The normalized spacial score (nSPS) is 11.2. The first-order chi connectivity index (χ1) is 6.74. The number of nitrogens with one attached hydrogen (secondary N) is 2. The highest BCUT2D eigenvalue weighted by Gasteiger charge is 1.97. The summed E-state index contributed by atoms with van der Waals surface area (Å²) >= 11 is 0. The van der Waals surface area contributed by atoms with Crippen molar-refractivity contribution in [3.05, 3.63) is 30.1 Å². The van der Waals surface area contributed by atoms with E-state index in [0.717, 1.165) is 5.84 Å². The van der Waals surface area contributed by atoms with Crippen LogP contribution in [0.5, 0.6) is 0 Å². The van der Waals surface area contributed by atoms with Crippen LogP contribution in [0.1, 0.15) is 13.8 Å². The molecule has 0 atom stereocenters. The molecule has 0 saturated heterocycles. The molecule has 0 heterocycles.